The van der Waals surface area contributed by atoms with Crippen molar-refractivity contribution in [1.82, 2.24) is 4.90 Å². The summed E-state index contributed by atoms with van der Waals surface area (Å²) in [4.78, 5) is 34.9. The van der Waals surface area contributed by atoms with Crippen LogP contribution >= 0.6 is 0 Å². The predicted octanol–water partition coefficient (Wildman–Crippen LogP) is 1.06. The van der Waals surface area contributed by atoms with Gasteiger partial charge in [0.2, 0.25) is 0 Å². The van der Waals surface area contributed by atoms with E-state index in [9.17, 15) is 14.4 Å². The molecule has 0 saturated carbocycles. The van der Waals surface area contributed by atoms with Gasteiger partial charge in [-0.2, -0.15) is 0 Å². The quantitative estimate of drug-likeness (QED) is 0.743. The molecule has 0 spiro atoms. The highest BCUT2D eigenvalue weighted by atomic mass is 16.6. The number of ketones is 1. The molecule has 100 valence electrons. The highest BCUT2D eigenvalue weighted by molar-refractivity contribution is 5.81. The van der Waals surface area contributed by atoms with Crippen molar-refractivity contribution in [1.29, 1.82) is 0 Å². The Kier molecular flexibility index (Phi) is 4.88. The van der Waals surface area contributed by atoms with E-state index in [0.29, 0.717) is 0 Å². The predicted molar refractivity (Wildman–Crippen MR) is 63.1 cm³/mol. The van der Waals surface area contributed by atoms with Crippen LogP contribution in [0.5, 0.6) is 0 Å². The van der Waals surface area contributed by atoms with Gasteiger partial charge < -0.3 is 14.6 Å². The Bertz CT molecular complexity index is 365. The third-order valence-corrected chi connectivity index (χ3v) is 2.81. The molecule has 18 heavy (non-hydrogen) atoms. The number of ether oxygens (including phenoxy) is 1. The maximum Gasteiger partial charge on any atom is 0.410 e. The van der Waals surface area contributed by atoms with Crippen LogP contribution < -0.4 is 0 Å². The van der Waals surface area contributed by atoms with Gasteiger partial charge in [-0.15, -0.1) is 0 Å². The Balaban J connectivity index is 2.68. The van der Waals surface area contributed by atoms with Crippen molar-refractivity contribution in [3.8, 4) is 0 Å². The van der Waals surface area contributed by atoms with Crippen molar-refractivity contribution in [2.45, 2.75) is 25.8 Å². The number of carboxylic acid groups (broad SMARTS) is 1. The van der Waals surface area contributed by atoms with E-state index < -0.39 is 18.1 Å². The number of aliphatic carboxylic acids is 1. The summed E-state index contributed by atoms with van der Waals surface area (Å²) >= 11 is 0. The minimum atomic E-state index is -1.07. The van der Waals surface area contributed by atoms with Crippen LogP contribution in [0.15, 0.2) is 12.7 Å². The molecule has 6 heteroatoms. The molecule has 0 aromatic rings. The van der Waals surface area contributed by atoms with Crippen molar-refractivity contribution in [3.63, 3.8) is 0 Å². The molecule has 0 aromatic heterocycles. The highest BCUT2D eigenvalue weighted by Crippen LogP contribution is 2.26. The summed E-state index contributed by atoms with van der Waals surface area (Å²) < 4.78 is 4.83. The third kappa shape index (κ3) is 3.58. The van der Waals surface area contributed by atoms with Gasteiger partial charge in [0.25, 0.3) is 0 Å². The lowest BCUT2D eigenvalue weighted by Crippen LogP contribution is -2.40. The first kappa shape index (κ1) is 14.2. The molecule has 2 atom stereocenters. The van der Waals surface area contributed by atoms with E-state index in [1.807, 2.05) is 0 Å². The standard InChI is InChI=1S/C12H17NO5/c1-3-4-18-12(17)13-7-9(5-8(2)14)6-10(13)11(15)16/h3,9-10H,1,4-7H2,2H3,(H,15,16). The zero-order chi connectivity index (χ0) is 13.7. The highest BCUT2D eigenvalue weighted by Gasteiger charge is 2.40. The van der Waals surface area contributed by atoms with E-state index in [4.69, 9.17) is 9.84 Å². The SMILES string of the molecule is C=CCOC(=O)N1CC(CC(C)=O)CC1C(=O)O. The molecule has 1 aliphatic heterocycles. The summed E-state index contributed by atoms with van der Waals surface area (Å²) in [6, 6.07) is -0.910. The fraction of sp³-hybridized carbons (Fsp3) is 0.583. The van der Waals surface area contributed by atoms with Gasteiger partial charge in [0.05, 0.1) is 0 Å². The van der Waals surface area contributed by atoms with Crippen molar-refractivity contribution in [3.05, 3.63) is 12.7 Å². The molecule has 0 aliphatic carbocycles. The molecule has 2 unspecified atom stereocenters. The Morgan fingerprint density at radius 1 is 1.50 bits per heavy atom. The number of carboxylic acids is 1. The Labute approximate surface area is 105 Å². The number of carbonyl (C=O) groups is 3. The van der Waals surface area contributed by atoms with Crippen molar-refractivity contribution in [2.24, 2.45) is 5.92 Å². The summed E-state index contributed by atoms with van der Waals surface area (Å²) in [5.41, 5.74) is 0. The van der Waals surface area contributed by atoms with Crippen LogP contribution in [-0.4, -0.2) is 47.0 Å². The zero-order valence-electron chi connectivity index (χ0n) is 10.3. The Morgan fingerprint density at radius 3 is 2.67 bits per heavy atom. The number of likely N-dealkylation sites (tertiary alicyclic amines) is 1. The topological polar surface area (TPSA) is 83.9 Å². The fourth-order valence-electron chi connectivity index (χ4n) is 2.13. The molecule has 0 aromatic carbocycles. The number of hydrogen-bond acceptors (Lipinski definition) is 4. The Hall–Kier alpha value is -1.85. The van der Waals surface area contributed by atoms with Crippen LogP contribution in [-0.2, 0) is 14.3 Å². The van der Waals surface area contributed by atoms with Gasteiger partial charge in [-0.3, -0.25) is 4.90 Å². The zero-order valence-corrected chi connectivity index (χ0v) is 10.3. The molecule has 6 nitrogen and oxygen atoms in total. The molecule has 1 N–H and O–H groups in total. The number of nitrogens with zero attached hydrogens (tertiary/aromatic N) is 1. The second-order valence-corrected chi connectivity index (χ2v) is 4.38. The van der Waals surface area contributed by atoms with Crippen LogP contribution in [0.4, 0.5) is 4.79 Å². The van der Waals surface area contributed by atoms with Crippen molar-refractivity contribution >= 4 is 17.8 Å². The van der Waals surface area contributed by atoms with Crippen LogP contribution in [0.1, 0.15) is 19.8 Å². The number of rotatable bonds is 5. The molecule has 1 rings (SSSR count). The summed E-state index contributed by atoms with van der Waals surface area (Å²) in [5, 5.41) is 9.06. The van der Waals surface area contributed by atoms with E-state index in [1.54, 1.807) is 0 Å². The molecular formula is C12H17NO5. The molecular weight excluding hydrogens is 238 g/mol. The van der Waals surface area contributed by atoms with E-state index in [2.05, 4.69) is 6.58 Å². The van der Waals surface area contributed by atoms with E-state index in [1.165, 1.54) is 17.9 Å². The summed E-state index contributed by atoms with van der Waals surface area (Å²) in [7, 11) is 0. The molecule has 1 saturated heterocycles. The lowest BCUT2D eigenvalue weighted by molar-refractivity contribution is -0.141. The second-order valence-electron chi connectivity index (χ2n) is 4.38. The van der Waals surface area contributed by atoms with Crippen LogP contribution in [0.25, 0.3) is 0 Å². The van der Waals surface area contributed by atoms with Crippen LogP contribution in [0.3, 0.4) is 0 Å². The van der Waals surface area contributed by atoms with Crippen molar-refractivity contribution in [2.75, 3.05) is 13.2 Å². The summed E-state index contributed by atoms with van der Waals surface area (Å²) in [6.07, 6.45) is 1.32. The number of amides is 1. The molecule has 1 amide bonds. The Morgan fingerprint density at radius 2 is 2.17 bits per heavy atom. The number of hydrogen-bond donors (Lipinski definition) is 1. The molecule has 1 heterocycles. The van der Waals surface area contributed by atoms with Crippen LogP contribution in [0, 0.1) is 5.92 Å². The third-order valence-electron chi connectivity index (χ3n) is 2.81. The maximum atomic E-state index is 11.7. The van der Waals surface area contributed by atoms with Crippen LogP contribution in [0.2, 0.25) is 0 Å². The van der Waals surface area contributed by atoms with Gasteiger partial charge in [-0.05, 0) is 19.3 Å². The maximum absolute atomic E-state index is 11.7. The summed E-state index contributed by atoms with van der Waals surface area (Å²) in [6.45, 7) is 5.15. The van der Waals surface area contributed by atoms with E-state index >= 15 is 0 Å². The average molecular weight is 255 g/mol. The number of Topliss-reactive ketones (excluding diaryl/α,β-unsaturated/α-hetero) is 1. The van der Waals surface area contributed by atoms with E-state index in [0.717, 1.165) is 0 Å². The molecule has 1 aliphatic rings. The van der Waals surface area contributed by atoms with Gasteiger partial charge in [0.15, 0.2) is 0 Å². The van der Waals surface area contributed by atoms with Gasteiger partial charge >= 0.3 is 12.1 Å². The largest absolute Gasteiger partial charge is 0.480 e. The lowest BCUT2D eigenvalue weighted by Gasteiger charge is -2.20. The first-order valence-corrected chi connectivity index (χ1v) is 5.72. The number of carbonyl (C=O) groups excluding carboxylic acids is 2. The smallest absolute Gasteiger partial charge is 0.410 e. The summed E-state index contributed by atoms with van der Waals surface area (Å²) in [5.74, 6) is -1.19. The second kappa shape index (κ2) is 6.18. The minimum absolute atomic E-state index is 0.00884. The first-order valence-electron chi connectivity index (χ1n) is 5.72. The van der Waals surface area contributed by atoms with E-state index in [-0.39, 0.29) is 37.7 Å². The average Bonchev–Trinajstić information content (AvgIpc) is 2.69. The van der Waals surface area contributed by atoms with Gasteiger partial charge in [-0.1, -0.05) is 12.7 Å². The van der Waals surface area contributed by atoms with Gasteiger partial charge in [0, 0.05) is 13.0 Å². The van der Waals surface area contributed by atoms with Crippen molar-refractivity contribution < 1.29 is 24.2 Å². The molecule has 1 fully saturated rings. The lowest BCUT2D eigenvalue weighted by atomic mass is 10.00. The minimum Gasteiger partial charge on any atom is -0.480 e. The van der Waals surface area contributed by atoms with Gasteiger partial charge in [-0.25, -0.2) is 9.59 Å². The van der Waals surface area contributed by atoms with Gasteiger partial charge in [0.1, 0.15) is 18.4 Å². The normalized spacial score (nSPS) is 22.6. The molecule has 0 bridgehead atoms. The first-order chi connectivity index (χ1) is 8.45. The fourth-order valence-corrected chi connectivity index (χ4v) is 2.13. The molecule has 0 radical (unpaired) electrons. The monoisotopic (exact) mass is 255 g/mol.